The molecule has 42 heavy (non-hydrogen) atoms. The van der Waals surface area contributed by atoms with E-state index in [1.807, 2.05) is 41.5 Å². The van der Waals surface area contributed by atoms with E-state index in [0.29, 0.717) is 25.7 Å². The van der Waals surface area contributed by atoms with E-state index in [2.05, 4.69) is 72.8 Å². The van der Waals surface area contributed by atoms with E-state index in [-0.39, 0.29) is 24.3 Å². The molecule has 0 N–H and O–H groups in total. The van der Waals surface area contributed by atoms with E-state index in [4.69, 9.17) is 28.4 Å². The van der Waals surface area contributed by atoms with Gasteiger partial charge in [-0.15, -0.1) is 0 Å². The largest absolute Gasteiger partial charge is 0.465 e. The summed E-state index contributed by atoms with van der Waals surface area (Å²) in [7, 11) is 0. The zero-order valence-electron chi connectivity index (χ0n) is 26.1. The van der Waals surface area contributed by atoms with E-state index < -0.39 is 0 Å². The molecule has 6 nitrogen and oxygen atoms in total. The van der Waals surface area contributed by atoms with E-state index in [0.717, 1.165) is 42.9 Å². The van der Waals surface area contributed by atoms with E-state index in [1.54, 1.807) is 0 Å². The molecular weight excluding hydrogens is 528 g/mol. The Bertz CT molecular complexity index is 1120. The molecule has 1 aliphatic carbocycles. The van der Waals surface area contributed by atoms with E-state index in [9.17, 15) is 0 Å². The predicted octanol–water partition coefficient (Wildman–Crippen LogP) is 8.61. The molecular formula is C36H48O6. The van der Waals surface area contributed by atoms with Crippen molar-refractivity contribution in [2.24, 2.45) is 0 Å². The van der Waals surface area contributed by atoms with Crippen molar-refractivity contribution in [2.45, 2.75) is 97.4 Å². The van der Waals surface area contributed by atoms with Crippen LogP contribution in [0, 0.1) is 0 Å². The lowest BCUT2D eigenvalue weighted by Crippen LogP contribution is -2.32. The van der Waals surface area contributed by atoms with Gasteiger partial charge in [-0.1, -0.05) is 36.4 Å². The Morgan fingerprint density at radius 3 is 1.21 bits per heavy atom. The van der Waals surface area contributed by atoms with Crippen molar-refractivity contribution in [1.82, 2.24) is 0 Å². The molecule has 0 aromatic heterocycles. The molecule has 0 spiro atoms. The maximum Gasteiger partial charge on any atom is 0.196 e. The lowest BCUT2D eigenvalue weighted by molar-refractivity contribution is -0.0617. The van der Waals surface area contributed by atoms with Crippen molar-refractivity contribution >= 4 is 0 Å². The first kappa shape index (κ1) is 31.9. The minimum Gasteiger partial charge on any atom is -0.465 e. The summed E-state index contributed by atoms with van der Waals surface area (Å²) in [5.74, 6) is 2.98. The van der Waals surface area contributed by atoms with E-state index >= 15 is 0 Å². The second kappa shape index (κ2) is 15.4. The number of ether oxygens (including phenoxy) is 6. The first-order valence-corrected chi connectivity index (χ1v) is 15.5. The van der Waals surface area contributed by atoms with Crippen molar-refractivity contribution in [2.75, 3.05) is 19.8 Å². The van der Waals surface area contributed by atoms with Crippen LogP contribution >= 0.6 is 0 Å². The van der Waals surface area contributed by atoms with Gasteiger partial charge in [0.05, 0.1) is 0 Å². The SMILES string of the molecule is CCOC(C)Oc1ccc(C2CCC(c3ccc(OC(C)OCC)cc3)(c3ccc(OC(C)OCC)cc3)CC2)cc1. The Balaban J connectivity index is 1.54. The van der Waals surface area contributed by atoms with Crippen LogP contribution in [-0.4, -0.2) is 38.7 Å². The highest BCUT2D eigenvalue weighted by Gasteiger charge is 2.39. The molecule has 3 aromatic rings. The summed E-state index contributed by atoms with van der Waals surface area (Å²) in [6.07, 6.45) is 3.45. The normalized spacial score (nSPS) is 20.9. The highest BCUT2D eigenvalue weighted by atomic mass is 16.7. The average molecular weight is 577 g/mol. The zero-order valence-corrected chi connectivity index (χ0v) is 26.1. The molecule has 3 atom stereocenters. The van der Waals surface area contributed by atoms with Gasteiger partial charge in [0.15, 0.2) is 18.9 Å². The Hall–Kier alpha value is -3.06. The van der Waals surface area contributed by atoms with Crippen LogP contribution in [0.4, 0.5) is 0 Å². The summed E-state index contributed by atoms with van der Waals surface area (Å²) in [5.41, 5.74) is 3.88. The van der Waals surface area contributed by atoms with Crippen molar-refractivity contribution in [3.8, 4) is 17.2 Å². The number of hydrogen-bond acceptors (Lipinski definition) is 6. The Morgan fingerprint density at radius 1 is 0.548 bits per heavy atom. The number of hydrogen-bond donors (Lipinski definition) is 0. The van der Waals surface area contributed by atoms with Crippen molar-refractivity contribution in [3.05, 3.63) is 89.5 Å². The summed E-state index contributed by atoms with van der Waals surface area (Å²) >= 11 is 0. The van der Waals surface area contributed by atoms with Crippen LogP contribution in [0.25, 0.3) is 0 Å². The fraction of sp³-hybridized carbons (Fsp3) is 0.500. The fourth-order valence-corrected chi connectivity index (χ4v) is 6.09. The Kier molecular flexibility index (Phi) is 11.7. The van der Waals surface area contributed by atoms with Gasteiger partial charge < -0.3 is 28.4 Å². The summed E-state index contributed by atoms with van der Waals surface area (Å²) < 4.78 is 34.5. The summed E-state index contributed by atoms with van der Waals surface area (Å²) in [6.45, 7) is 13.6. The predicted molar refractivity (Wildman–Crippen MR) is 166 cm³/mol. The lowest BCUT2D eigenvalue weighted by atomic mass is 9.62. The second-order valence-corrected chi connectivity index (χ2v) is 10.9. The highest BCUT2D eigenvalue weighted by Crippen LogP contribution is 2.49. The number of benzene rings is 3. The molecule has 3 unspecified atom stereocenters. The van der Waals surface area contributed by atoms with Crippen LogP contribution in [0.3, 0.4) is 0 Å². The molecule has 4 rings (SSSR count). The fourth-order valence-electron chi connectivity index (χ4n) is 6.09. The van der Waals surface area contributed by atoms with Gasteiger partial charge in [0.2, 0.25) is 0 Å². The smallest absolute Gasteiger partial charge is 0.196 e. The standard InChI is InChI=1S/C36H48O6/c1-7-37-26(4)40-33-16-10-29(11-17-33)30-22-24-36(25-23-30,31-12-18-34(19-13-31)41-27(5)38-8-2)32-14-20-35(21-15-32)42-28(6)39-9-3/h10-21,26-28,30H,7-9,22-25H2,1-6H3. The maximum atomic E-state index is 5.96. The Labute approximate surface area is 252 Å². The van der Waals surface area contributed by atoms with Crippen molar-refractivity contribution in [1.29, 1.82) is 0 Å². The molecule has 0 heterocycles. The van der Waals surface area contributed by atoms with Crippen LogP contribution in [-0.2, 0) is 19.6 Å². The third-order valence-electron chi connectivity index (χ3n) is 8.11. The topological polar surface area (TPSA) is 55.4 Å². The molecule has 0 aliphatic heterocycles. The maximum absolute atomic E-state index is 5.96. The van der Waals surface area contributed by atoms with Crippen LogP contribution < -0.4 is 14.2 Å². The summed E-state index contributed by atoms with van der Waals surface area (Å²) in [5, 5.41) is 0. The van der Waals surface area contributed by atoms with Gasteiger partial charge in [0.25, 0.3) is 0 Å². The molecule has 6 heteroatoms. The first-order chi connectivity index (χ1) is 20.4. The third-order valence-corrected chi connectivity index (χ3v) is 8.11. The molecule has 0 bridgehead atoms. The van der Waals surface area contributed by atoms with Gasteiger partial charge >= 0.3 is 0 Å². The minimum atomic E-state index is -0.281. The molecule has 228 valence electrons. The monoisotopic (exact) mass is 576 g/mol. The van der Waals surface area contributed by atoms with E-state index in [1.165, 1.54) is 16.7 Å². The number of rotatable bonds is 15. The molecule has 1 aliphatic rings. The van der Waals surface area contributed by atoms with Gasteiger partial charge in [-0.3, -0.25) is 0 Å². The van der Waals surface area contributed by atoms with Gasteiger partial charge in [-0.2, -0.15) is 0 Å². The summed E-state index contributed by atoms with van der Waals surface area (Å²) in [6, 6.07) is 25.7. The van der Waals surface area contributed by atoms with Crippen LogP contribution in [0.15, 0.2) is 72.8 Å². The molecule has 0 radical (unpaired) electrons. The highest BCUT2D eigenvalue weighted by molar-refractivity contribution is 5.44. The third kappa shape index (κ3) is 8.27. The second-order valence-electron chi connectivity index (χ2n) is 10.9. The van der Waals surface area contributed by atoms with Gasteiger partial charge in [-0.05, 0) is 126 Å². The van der Waals surface area contributed by atoms with Crippen LogP contribution in [0.5, 0.6) is 17.2 Å². The minimum absolute atomic E-state index is 0.0966. The Morgan fingerprint density at radius 2 is 0.881 bits per heavy atom. The lowest BCUT2D eigenvalue weighted by Gasteiger charge is -2.42. The van der Waals surface area contributed by atoms with Crippen LogP contribution in [0.2, 0.25) is 0 Å². The van der Waals surface area contributed by atoms with Crippen molar-refractivity contribution < 1.29 is 28.4 Å². The molecule has 0 amide bonds. The molecule has 3 aromatic carbocycles. The average Bonchev–Trinajstić information content (AvgIpc) is 2.99. The van der Waals surface area contributed by atoms with Gasteiger partial charge in [0, 0.05) is 25.2 Å². The first-order valence-electron chi connectivity index (χ1n) is 15.5. The van der Waals surface area contributed by atoms with Gasteiger partial charge in [0.1, 0.15) is 17.2 Å². The quantitative estimate of drug-likeness (QED) is 0.169. The summed E-state index contributed by atoms with van der Waals surface area (Å²) in [4.78, 5) is 0. The van der Waals surface area contributed by atoms with Crippen LogP contribution in [0.1, 0.15) is 89.8 Å². The van der Waals surface area contributed by atoms with Gasteiger partial charge in [-0.25, -0.2) is 0 Å². The zero-order chi connectivity index (χ0) is 30.0. The van der Waals surface area contributed by atoms with Crippen molar-refractivity contribution in [3.63, 3.8) is 0 Å². The molecule has 0 saturated heterocycles. The molecule has 1 saturated carbocycles. The molecule has 1 fully saturated rings.